The second-order valence-electron chi connectivity index (χ2n) is 10.3. The first kappa shape index (κ1) is 31.5. The molecule has 0 atom stereocenters. The fourth-order valence-corrected chi connectivity index (χ4v) is 6.04. The minimum atomic E-state index is -4.14. The normalized spacial score (nSPS) is 11.2. The van der Waals surface area contributed by atoms with E-state index in [1.54, 1.807) is 36.4 Å². The van der Waals surface area contributed by atoms with Crippen molar-refractivity contribution in [1.29, 1.82) is 0 Å². The smallest absolute Gasteiger partial charge is 0.339 e. The molecule has 0 heterocycles. The molecule has 0 fully saturated rings. The van der Waals surface area contributed by atoms with Gasteiger partial charge in [-0.25, -0.2) is 17.9 Å². The van der Waals surface area contributed by atoms with Crippen molar-refractivity contribution < 1.29 is 28.2 Å². The summed E-state index contributed by atoms with van der Waals surface area (Å²) in [6.45, 7) is -0.609. The maximum atomic E-state index is 13.6. The maximum absolute atomic E-state index is 13.6. The van der Waals surface area contributed by atoms with Gasteiger partial charge in [-0.15, -0.1) is 0 Å². The number of carboxylic acids is 1. The van der Waals surface area contributed by atoms with Crippen molar-refractivity contribution in [3.8, 4) is 16.9 Å². The van der Waals surface area contributed by atoms with Gasteiger partial charge in [0, 0.05) is 10.7 Å². The molecule has 0 saturated carbocycles. The van der Waals surface area contributed by atoms with Crippen LogP contribution in [0.2, 0.25) is 5.02 Å². The van der Waals surface area contributed by atoms with Crippen LogP contribution in [0.25, 0.3) is 11.1 Å². The second kappa shape index (κ2) is 13.8. The van der Waals surface area contributed by atoms with Crippen molar-refractivity contribution >= 4 is 39.2 Å². The minimum absolute atomic E-state index is 0.00274. The highest BCUT2D eigenvalue weighted by atomic mass is 35.5. The Balaban J connectivity index is 1.43. The largest absolute Gasteiger partial charge is 0.507 e. The van der Waals surface area contributed by atoms with Crippen LogP contribution < -0.4 is 9.62 Å². The van der Waals surface area contributed by atoms with Crippen LogP contribution in [0.1, 0.15) is 27.0 Å². The van der Waals surface area contributed by atoms with Crippen molar-refractivity contribution in [1.82, 2.24) is 4.72 Å². The number of carbonyl (C=O) groups excluding carboxylic acids is 1. The van der Waals surface area contributed by atoms with Crippen molar-refractivity contribution in [2.45, 2.75) is 17.9 Å². The zero-order valence-corrected chi connectivity index (χ0v) is 25.5. The number of aromatic hydroxyl groups is 1. The highest BCUT2D eigenvalue weighted by Gasteiger charge is 2.23. The summed E-state index contributed by atoms with van der Waals surface area (Å²) >= 11 is 6.01. The van der Waals surface area contributed by atoms with Crippen LogP contribution in [0.15, 0.2) is 126 Å². The Labute approximate surface area is 266 Å². The number of nitrogens with one attached hydrogen (secondary N) is 1. The number of carboxylic acid groups (broad SMARTS) is 1. The molecule has 1 amide bonds. The number of carbonyl (C=O) groups is 2. The molecule has 45 heavy (non-hydrogen) atoms. The third-order valence-electron chi connectivity index (χ3n) is 7.20. The van der Waals surface area contributed by atoms with Gasteiger partial charge in [0.1, 0.15) is 11.3 Å². The molecule has 0 aliphatic heterocycles. The van der Waals surface area contributed by atoms with E-state index >= 15 is 0 Å². The average molecular weight is 641 g/mol. The summed E-state index contributed by atoms with van der Waals surface area (Å²) in [7, 11) is -4.14. The van der Waals surface area contributed by atoms with E-state index in [4.69, 9.17) is 11.6 Å². The van der Waals surface area contributed by atoms with Gasteiger partial charge < -0.3 is 15.1 Å². The fourth-order valence-electron chi connectivity index (χ4n) is 4.89. The SMILES string of the molecule is O=C(O)c1cc(N(Cc2ccc(Cl)cc2)C(=O)CNS(=O)(=O)c2ccc(-c3ccccc3)c(Cc3ccccc3)c2)ccc1O. The van der Waals surface area contributed by atoms with Gasteiger partial charge in [-0.2, -0.15) is 0 Å². The maximum Gasteiger partial charge on any atom is 0.339 e. The zero-order chi connectivity index (χ0) is 32.0. The summed E-state index contributed by atoms with van der Waals surface area (Å²) in [6.07, 6.45) is 0.495. The molecule has 0 aliphatic rings. The highest BCUT2D eigenvalue weighted by Crippen LogP contribution is 2.29. The number of rotatable bonds is 11. The van der Waals surface area contributed by atoms with Crippen LogP contribution >= 0.6 is 11.6 Å². The van der Waals surface area contributed by atoms with Crippen LogP contribution in [0.4, 0.5) is 5.69 Å². The highest BCUT2D eigenvalue weighted by molar-refractivity contribution is 7.89. The standard InChI is InChI=1S/C35H29ClN2O6S/c36-28-13-11-25(12-14-28)23-38(29-15-18-33(39)32(21-29)35(41)42)34(40)22-37-45(43,44)30-16-17-31(26-9-5-2-6-10-26)27(20-30)19-24-7-3-1-4-8-24/h1-18,20-21,37,39H,19,22-23H2,(H,41,42). The van der Waals surface area contributed by atoms with Gasteiger partial charge in [0.2, 0.25) is 15.9 Å². The summed E-state index contributed by atoms with van der Waals surface area (Å²) in [5.41, 5.74) is 4.10. The molecule has 5 rings (SSSR count). The molecule has 0 spiro atoms. The molecule has 5 aromatic carbocycles. The quantitative estimate of drug-likeness (QED) is 0.151. The Morgan fingerprint density at radius 3 is 2.11 bits per heavy atom. The number of sulfonamides is 1. The van der Waals surface area contributed by atoms with Gasteiger partial charge in [-0.1, -0.05) is 90.5 Å². The monoisotopic (exact) mass is 640 g/mol. The first-order valence-electron chi connectivity index (χ1n) is 13.9. The van der Waals surface area contributed by atoms with Gasteiger partial charge in [-0.05, 0) is 76.7 Å². The van der Waals surface area contributed by atoms with Gasteiger partial charge >= 0.3 is 5.97 Å². The van der Waals surface area contributed by atoms with E-state index in [0.717, 1.165) is 28.3 Å². The number of phenols is 1. The molecule has 0 unspecified atom stereocenters. The lowest BCUT2D eigenvalue weighted by Gasteiger charge is -2.24. The summed E-state index contributed by atoms with van der Waals surface area (Å²) in [6, 6.07) is 34.7. The van der Waals surface area contributed by atoms with Crippen LogP contribution in [-0.4, -0.2) is 37.1 Å². The van der Waals surface area contributed by atoms with Gasteiger partial charge in [0.15, 0.2) is 0 Å². The van der Waals surface area contributed by atoms with Gasteiger partial charge in [0.25, 0.3) is 0 Å². The van der Waals surface area contributed by atoms with E-state index in [0.29, 0.717) is 17.0 Å². The van der Waals surface area contributed by atoms with E-state index in [2.05, 4.69) is 4.72 Å². The van der Waals surface area contributed by atoms with Gasteiger partial charge in [-0.3, -0.25) is 4.79 Å². The number of benzene rings is 5. The Morgan fingerprint density at radius 1 is 0.778 bits per heavy atom. The molecule has 0 radical (unpaired) electrons. The summed E-state index contributed by atoms with van der Waals surface area (Å²) in [4.78, 5) is 26.5. The topological polar surface area (TPSA) is 124 Å². The lowest BCUT2D eigenvalue weighted by Crippen LogP contribution is -2.40. The van der Waals surface area contributed by atoms with Crippen LogP contribution in [0.5, 0.6) is 5.75 Å². The number of halogens is 1. The summed E-state index contributed by atoms with van der Waals surface area (Å²) < 4.78 is 29.5. The number of hydrogen-bond acceptors (Lipinski definition) is 5. The number of nitrogens with zero attached hydrogens (tertiary/aromatic N) is 1. The molecular weight excluding hydrogens is 612 g/mol. The fraction of sp³-hybridized carbons (Fsp3) is 0.0857. The zero-order valence-electron chi connectivity index (χ0n) is 23.9. The lowest BCUT2D eigenvalue weighted by atomic mass is 9.95. The second-order valence-corrected chi connectivity index (χ2v) is 12.5. The van der Waals surface area contributed by atoms with Crippen LogP contribution in [0, 0.1) is 0 Å². The Bertz CT molecular complexity index is 1930. The molecule has 3 N–H and O–H groups in total. The molecule has 10 heteroatoms. The Morgan fingerprint density at radius 2 is 1.44 bits per heavy atom. The predicted molar refractivity (Wildman–Crippen MR) is 174 cm³/mol. The van der Waals surface area contributed by atoms with Crippen molar-refractivity contribution in [3.63, 3.8) is 0 Å². The van der Waals surface area contributed by atoms with E-state index in [-0.39, 0.29) is 17.1 Å². The predicted octanol–water partition coefficient (Wildman–Crippen LogP) is 6.51. The third kappa shape index (κ3) is 7.77. The first-order valence-corrected chi connectivity index (χ1v) is 15.8. The van der Waals surface area contributed by atoms with Crippen molar-refractivity contribution in [3.05, 3.63) is 149 Å². The van der Waals surface area contributed by atoms with Crippen molar-refractivity contribution in [2.75, 3.05) is 11.4 Å². The number of anilines is 1. The average Bonchev–Trinajstić information content (AvgIpc) is 3.04. The molecule has 0 saturated heterocycles. The Hall–Kier alpha value is -4.96. The molecule has 8 nitrogen and oxygen atoms in total. The van der Waals surface area contributed by atoms with Crippen molar-refractivity contribution in [2.24, 2.45) is 0 Å². The van der Waals surface area contributed by atoms with E-state index in [9.17, 15) is 28.2 Å². The van der Waals surface area contributed by atoms with E-state index in [1.807, 2.05) is 60.7 Å². The van der Waals surface area contributed by atoms with Crippen LogP contribution in [0.3, 0.4) is 0 Å². The number of amides is 1. The first-order chi connectivity index (χ1) is 21.6. The van der Waals surface area contributed by atoms with E-state index < -0.39 is 39.8 Å². The summed E-state index contributed by atoms with van der Waals surface area (Å²) in [5.74, 6) is -2.48. The van der Waals surface area contributed by atoms with Gasteiger partial charge in [0.05, 0.1) is 18.0 Å². The lowest BCUT2D eigenvalue weighted by molar-refractivity contribution is -0.117. The molecule has 5 aromatic rings. The summed E-state index contributed by atoms with van der Waals surface area (Å²) in [5, 5.41) is 20.0. The Kier molecular flexibility index (Phi) is 9.63. The molecule has 0 aliphatic carbocycles. The molecule has 0 bridgehead atoms. The number of aromatic carboxylic acids is 1. The molecular formula is C35H29ClN2O6S. The van der Waals surface area contributed by atoms with Crippen LogP contribution in [-0.2, 0) is 27.8 Å². The third-order valence-corrected chi connectivity index (χ3v) is 8.85. The molecule has 228 valence electrons. The van der Waals surface area contributed by atoms with E-state index in [1.165, 1.54) is 23.1 Å². The minimum Gasteiger partial charge on any atom is -0.507 e. The number of hydrogen-bond donors (Lipinski definition) is 3. The molecule has 0 aromatic heterocycles.